The molecule has 2 aliphatic carbocycles. The van der Waals surface area contributed by atoms with Crippen molar-refractivity contribution in [2.24, 2.45) is 5.92 Å². The predicted molar refractivity (Wildman–Crippen MR) is 119 cm³/mol. The zero-order valence-corrected chi connectivity index (χ0v) is 17.3. The molecule has 4 nitrogen and oxygen atoms in total. The lowest BCUT2D eigenvalue weighted by molar-refractivity contribution is 0.103. The maximum absolute atomic E-state index is 12.9. The van der Waals surface area contributed by atoms with Gasteiger partial charge in [0.15, 0.2) is 0 Å². The van der Waals surface area contributed by atoms with E-state index in [4.69, 9.17) is 4.74 Å². The third-order valence-corrected chi connectivity index (χ3v) is 7.45. The summed E-state index contributed by atoms with van der Waals surface area (Å²) >= 11 is 0. The van der Waals surface area contributed by atoms with Crippen molar-refractivity contribution in [1.29, 1.82) is 0 Å². The van der Waals surface area contributed by atoms with Gasteiger partial charge < -0.3 is 14.7 Å². The molecule has 0 aromatic heterocycles. The van der Waals surface area contributed by atoms with Gasteiger partial charge in [0.05, 0.1) is 6.61 Å². The molecule has 2 unspecified atom stereocenters. The van der Waals surface area contributed by atoms with Crippen LogP contribution in [0.25, 0.3) is 11.1 Å². The van der Waals surface area contributed by atoms with Crippen molar-refractivity contribution in [2.45, 2.75) is 24.4 Å². The Hall–Kier alpha value is -3.11. The summed E-state index contributed by atoms with van der Waals surface area (Å²) in [6.45, 7) is 1.90. The molecule has 6 rings (SSSR count). The first-order valence-corrected chi connectivity index (χ1v) is 11.0. The average Bonchev–Trinajstić information content (AvgIpc) is 3.24. The second-order valence-corrected chi connectivity index (χ2v) is 9.10. The van der Waals surface area contributed by atoms with E-state index in [9.17, 15) is 9.90 Å². The SMILES string of the molecule is O=C(OCC1c2ccccc2-c2ccccc21)N1CC2CC2(c2ccc(CO)cc2)C1. The highest BCUT2D eigenvalue weighted by Crippen LogP contribution is 2.59. The minimum atomic E-state index is -0.208. The van der Waals surface area contributed by atoms with E-state index in [1.54, 1.807) is 0 Å². The Balaban J connectivity index is 1.16. The molecule has 2 atom stereocenters. The topological polar surface area (TPSA) is 49.8 Å². The van der Waals surface area contributed by atoms with Crippen LogP contribution in [0.3, 0.4) is 0 Å². The zero-order chi connectivity index (χ0) is 21.0. The van der Waals surface area contributed by atoms with Crippen LogP contribution in [0.1, 0.15) is 34.6 Å². The summed E-state index contributed by atoms with van der Waals surface area (Å²) in [4.78, 5) is 14.8. The number of carbonyl (C=O) groups excluding carboxylic acids is 1. The second-order valence-electron chi connectivity index (χ2n) is 9.10. The summed E-state index contributed by atoms with van der Waals surface area (Å²) in [6, 6.07) is 25.0. The summed E-state index contributed by atoms with van der Waals surface area (Å²) in [5.41, 5.74) is 7.22. The molecular weight excluding hydrogens is 386 g/mol. The van der Waals surface area contributed by atoms with Gasteiger partial charge in [0.2, 0.25) is 0 Å². The third kappa shape index (κ3) is 2.89. The molecule has 1 saturated carbocycles. The zero-order valence-electron chi connectivity index (χ0n) is 17.3. The molecule has 1 aliphatic heterocycles. The normalized spacial score (nSPS) is 23.3. The van der Waals surface area contributed by atoms with E-state index in [-0.39, 0.29) is 24.0 Å². The quantitative estimate of drug-likeness (QED) is 0.677. The van der Waals surface area contributed by atoms with Gasteiger partial charge in [-0.1, -0.05) is 72.8 Å². The average molecular weight is 412 g/mol. The van der Waals surface area contributed by atoms with Crippen LogP contribution in [-0.4, -0.2) is 35.8 Å². The van der Waals surface area contributed by atoms with Crippen molar-refractivity contribution in [2.75, 3.05) is 19.7 Å². The molecule has 4 heteroatoms. The monoisotopic (exact) mass is 411 g/mol. The molecule has 3 aromatic rings. The van der Waals surface area contributed by atoms with E-state index < -0.39 is 0 Å². The highest BCUT2D eigenvalue weighted by atomic mass is 16.6. The van der Waals surface area contributed by atoms with Gasteiger partial charge in [-0.25, -0.2) is 4.79 Å². The molecule has 1 N–H and O–H groups in total. The smallest absolute Gasteiger partial charge is 0.409 e. The maximum Gasteiger partial charge on any atom is 0.409 e. The number of likely N-dealkylation sites (tertiary alicyclic amines) is 1. The minimum Gasteiger partial charge on any atom is -0.448 e. The van der Waals surface area contributed by atoms with E-state index in [1.807, 2.05) is 17.0 Å². The summed E-state index contributed by atoms with van der Waals surface area (Å²) < 4.78 is 5.86. The molecule has 3 aromatic carbocycles. The molecule has 0 radical (unpaired) electrons. The molecule has 2 fully saturated rings. The number of aliphatic hydroxyl groups excluding tert-OH is 1. The van der Waals surface area contributed by atoms with Gasteiger partial charge in [-0.15, -0.1) is 0 Å². The molecule has 1 saturated heterocycles. The first kappa shape index (κ1) is 18.6. The Labute approximate surface area is 182 Å². The highest BCUT2D eigenvalue weighted by Gasteiger charge is 2.61. The van der Waals surface area contributed by atoms with E-state index in [1.165, 1.54) is 27.8 Å². The van der Waals surface area contributed by atoms with E-state index >= 15 is 0 Å². The van der Waals surface area contributed by atoms with Crippen molar-refractivity contribution < 1.29 is 14.6 Å². The summed E-state index contributed by atoms with van der Waals surface area (Å²) in [7, 11) is 0. The van der Waals surface area contributed by atoms with Crippen molar-refractivity contribution in [3.63, 3.8) is 0 Å². The fourth-order valence-electron chi connectivity index (χ4n) is 5.70. The Morgan fingerprint density at radius 1 is 0.968 bits per heavy atom. The van der Waals surface area contributed by atoms with Crippen molar-refractivity contribution >= 4 is 6.09 Å². The van der Waals surface area contributed by atoms with Crippen LogP contribution < -0.4 is 0 Å². The highest BCUT2D eigenvalue weighted by molar-refractivity contribution is 5.79. The molecule has 156 valence electrons. The van der Waals surface area contributed by atoms with Crippen LogP contribution in [-0.2, 0) is 16.8 Å². The van der Waals surface area contributed by atoms with Gasteiger partial charge in [0, 0.05) is 24.4 Å². The van der Waals surface area contributed by atoms with Crippen LogP contribution in [0.5, 0.6) is 0 Å². The minimum absolute atomic E-state index is 0.0581. The number of fused-ring (bicyclic) bond motifs is 4. The van der Waals surface area contributed by atoms with Crippen LogP contribution in [0.2, 0.25) is 0 Å². The number of piperidine rings is 1. The number of carbonyl (C=O) groups is 1. The molecule has 0 spiro atoms. The predicted octanol–water partition coefficient (Wildman–Crippen LogP) is 4.70. The van der Waals surface area contributed by atoms with Crippen molar-refractivity contribution in [3.05, 3.63) is 95.1 Å². The number of amides is 1. The molecule has 1 amide bonds. The Morgan fingerprint density at radius 2 is 1.61 bits per heavy atom. The van der Waals surface area contributed by atoms with Gasteiger partial charge in [-0.2, -0.15) is 0 Å². The number of hydrogen-bond donors (Lipinski definition) is 1. The van der Waals surface area contributed by atoms with Gasteiger partial charge in [0.25, 0.3) is 0 Å². The lowest BCUT2D eigenvalue weighted by Gasteiger charge is -2.22. The molecule has 3 aliphatic rings. The van der Waals surface area contributed by atoms with Crippen molar-refractivity contribution in [3.8, 4) is 11.1 Å². The number of ether oxygens (including phenoxy) is 1. The van der Waals surface area contributed by atoms with Gasteiger partial charge in [-0.3, -0.25) is 0 Å². The fourth-order valence-corrected chi connectivity index (χ4v) is 5.70. The lowest BCUT2D eigenvalue weighted by Crippen LogP contribution is -2.34. The first-order valence-electron chi connectivity index (χ1n) is 11.0. The number of hydrogen-bond acceptors (Lipinski definition) is 3. The van der Waals surface area contributed by atoms with Gasteiger partial charge in [0.1, 0.15) is 6.61 Å². The largest absolute Gasteiger partial charge is 0.448 e. The standard InChI is InChI=1S/C27H25NO3/c29-15-18-9-11-19(12-10-18)27-13-20(27)14-28(17-27)26(30)31-16-25-23-7-3-1-5-21(23)22-6-2-4-8-24(22)25/h1-12,20,25,29H,13-17H2. The van der Waals surface area contributed by atoms with E-state index in [0.717, 1.165) is 18.5 Å². The van der Waals surface area contributed by atoms with Gasteiger partial charge >= 0.3 is 6.09 Å². The number of nitrogens with zero attached hydrogens (tertiary/aromatic N) is 1. The van der Waals surface area contributed by atoms with Crippen LogP contribution in [0.15, 0.2) is 72.8 Å². The number of aliphatic hydroxyl groups is 1. The summed E-state index contributed by atoms with van der Waals surface area (Å²) in [5, 5.41) is 9.29. The summed E-state index contributed by atoms with van der Waals surface area (Å²) in [6.07, 6.45) is 0.916. The van der Waals surface area contributed by atoms with E-state index in [0.29, 0.717) is 19.1 Å². The number of rotatable bonds is 4. The van der Waals surface area contributed by atoms with Crippen LogP contribution in [0.4, 0.5) is 4.79 Å². The molecule has 1 heterocycles. The number of benzene rings is 3. The molecular formula is C27H25NO3. The summed E-state index contributed by atoms with van der Waals surface area (Å²) in [5.74, 6) is 0.599. The van der Waals surface area contributed by atoms with Gasteiger partial charge in [-0.05, 0) is 45.7 Å². The maximum atomic E-state index is 12.9. The molecule has 0 bridgehead atoms. The second kappa shape index (κ2) is 6.96. The Bertz CT molecular complexity index is 1110. The van der Waals surface area contributed by atoms with Crippen LogP contribution in [0, 0.1) is 5.92 Å². The lowest BCUT2D eigenvalue weighted by atomic mass is 9.94. The Kier molecular flexibility index (Phi) is 4.19. The van der Waals surface area contributed by atoms with E-state index in [2.05, 4.69) is 60.7 Å². The molecule has 31 heavy (non-hydrogen) atoms. The first-order chi connectivity index (χ1) is 15.2. The fraction of sp³-hybridized carbons (Fsp3) is 0.296. The van der Waals surface area contributed by atoms with Crippen molar-refractivity contribution in [1.82, 2.24) is 4.90 Å². The third-order valence-electron chi connectivity index (χ3n) is 7.45. The van der Waals surface area contributed by atoms with Crippen LogP contribution >= 0.6 is 0 Å². The Morgan fingerprint density at radius 3 is 2.26 bits per heavy atom.